The lowest BCUT2D eigenvalue weighted by Gasteiger charge is -2.43. The second-order valence-electron chi connectivity index (χ2n) is 5.09. The van der Waals surface area contributed by atoms with Gasteiger partial charge in [-0.2, -0.15) is 0 Å². The number of carbonyl (C=O) groups excluding carboxylic acids is 2. The van der Waals surface area contributed by atoms with Crippen LogP contribution in [0.1, 0.15) is 27.7 Å². The number of rotatable bonds is 3. The minimum absolute atomic E-state index is 0.134. The van der Waals surface area contributed by atoms with E-state index in [1.54, 1.807) is 14.0 Å². The van der Waals surface area contributed by atoms with E-state index in [0.29, 0.717) is 6.54 Å². The van der Waals surface area contributed by atoms with Crippen molar-refractivity contribution < 1.29 is 14.3 Å². The van der Waals surface area contributed by atoms with Gasteiger partial charge < -0.3 is 10.1 Å². The number of hydrogen-bond acceptors (Lipinski definition) is 4. The zero-order valence-corrected chi connectivity index (χ0v) is 11.2. The molecule has 98 valence electrons. The Morgan fingerprint density at radius 2 is 2.24 bits per heavy atom. The summed E-state index contributed by atoms with van der Waals surface area (Å²) < 4.78 is 5.37. The second kappa shape index (κ2) is 5.04. The maximum atomic E-state index is 12.0. The number of morpholine rings is 1. The number of cyclic esters (lactones) is 1. The average Bonchev–Trinajstić information content (AvgIpc) is 2.24. The maximum absolute atomic E-state index is 12.0. The minimum Gasteiger partial charge on any atom is -0.457 e. The number of carbonyl (C=O) groups is 2. The van der Waals surface area contributed by atoms with Gasteiger partial charge in [0.2, 0.25) is 5.91 Å². The Morgan fingerprint density at radius 1 is 1.65 bits per heavy atom. The van der Waals surface area contributed by atoms with E-state index < -0.39 is 17.6 Å². The van der Waals surface area contributed by atoms with Gasteiger partial charge in [0.15, 0.2) is 0 Å². The zero-order valence-electron chi connectivity index (χ0n) is 11.2. The molecule has 0 aromatic rings. The molecule has 1 heterocycles. The standard InChI is InChI=1S/C12H22N2O3/c1-6-14-7-12(3,4)17-11(16)9(14)8(2)10(15)13-5/h8-9H,6-7H2,1-5H3,(H,13,15). The Kier molecular flexibility index (Phi) is 4.14. The van der Waals surface area contributed by atoms with Crippen molar-refractivity contribution in [2.24, 2.45) is 5.92 Å². The van der Waals surface area contributed by atoms with E-state index in [4.69, 9.17) is 4.74 Å². The second-order valence-corrected chi connectivity index (χ2v) is 5.09. The highest BCUT2D eigenvalue weighted by atomic mass is 16.6. The summed E-state index contributed by atoms with van der Waals surface area (Å²) in [7, 11) is 1.58. The summed E-state index contributed by atoms with van der Waals surface area (Å²) >= 11 is 0. The van der Waals surface area contributed by atoms with Crippen LogP contribution in [0, 0.1) is 5.92 Å². The van der Waals surface area contributed by atoms with Crippen molar-refractivity contribution in [3.8, 4) is 0 Å². The molecule has 5 nitrogen and oxygen atoms in total. The molecule has 5 heteroatoms. The first kappa shape index (κ1) is 14.0. The third-order valence-corrected chi connectivity index (χ3v) is 3.14. The van der Waals surface area contributed by atoms with Gasteiger partial charge in [-0.3, -0.25) is 14.5 Å². The summed E-state index contributed by atoms with van der Waals surface area (Å²) in [5, 5.41) is 2.57. The molecule has 1 rings (SSSR count). The number of likely N-dealkylation sites (N-methyl/N-ethyl adjacent to an activating group) is 1. The number of nitrogens with one attached hydrogen (secondary N) is 1. The predicted molar refractivity (Wildman–Crippen MR) is 64.4 cm³/mol. The van der Waals surface area contributed by atoms with Crippen molar-refractivity contribution in [1.82, 2.24) is 10.2 Å². The zero-order chi connectivity index (χ0) is 13.2. The number of nitrogens with zero attached hydrogens (tertiary/aromatic N) is 1. The molecule has 0 saturated carbocycles. The lowest BCUT2D eigenvalue weighted by atomic mass is 9.94. The molecule has 1 aliphatic rings. The van der Waals surface area contributed by atoms with Gasteiger partial charge in [0, 0.05) is 13.6 Å². The monoisotopic (exact) mass is 242 g/mol. The Labute approximate surface area is 102 Å². The summed E-state index contributed by atoms with van der Waals surface area (Å²) in [6.07, 6.45) is 0. The minimum atomic E-state index is -0.480. The third kappa shape index (κ3) is 2.97. The van der Waals surface area contributed by atoms with E-state index in [2.05, 4.69) is 5.32 Å². The van der Waals surface area contributed by atoms with Crippen molar-refractivity contribution in [3.05, 3.63) is 0 Å². The molecule has 0 radical (unpaired) electrons. The van der Waals surface area contributed by atoms with Crippen LogP contribution < -0.4 is 5.32 Å². The lowest BCUT2D eigenvalue weighted by molar-refractivity contribution is -0.182. The van der Waals surface area contributed by atoms with Crippen molar-refractivity contribution in [2.75, 3.05) is 20.1 Å². The largest absolute Gasteiger partial charge is 0.457 e. The quantitative estimate of drug-likeness (QED) is 0.728. The summed E-state index contributed by atoms with van der Waals surface area (Å²) in [5.74, 6) is -0.840. The molecular weight excluding hydrogens is 220 g/mol. The number of esters is 1. The molecule has 2 atom stereocenters. The fourth-order valence-corrected chi connectivity index (χ4v) is 2.30. The van der Waals surface area contributed by atoms with E-state index in [0.717, 1.165) is 6.54 Å². The Balaban J connectivity index is 2.90. The molecule has 1 saturated heterocycles. The lowest BCUT2D eigenvalue weighted by Crippen LogP contribution is -2.60. The van der Waals surface area contributed by atoms with Crippen LogP contribution in [0.2, 0.25) is 0 Å². The van der Waals surface area contributed by atoms with Crippen LogP contribution in [0.5, 0.6) is 0 Å². The molecule has 0 aliphatic carbocycles. The van der Waals surface area contributed by atoms with Gasteiger partial charge in [0.1, 0.15) is 11.6 Å². The van der Waals surface area contributed by atoms with E-state index in [1.807, 2.05) is 25.7 Å². The van der Waals surface area contributed by atoms with Gasteiger partial charge in [-0.1, -0.05) is 13.8 Å². The van der Waals surface area contributed by atoms with Crippen LogP contribution >= 0.6 is 0 Å². The van der Waals surface area contributed by atoms with E-state index >= 15 is 0 Å². The number of hydrogen-bond donors (Lipinski definition) is 1. The molecule has 1 amide bonds. The smallest absolute Gasteiger partial charge is 0.324 e. The molecule has 1 aliphatic heterocycles. The SMILES string of the molecule is CCN1CC(C)(C)OC(=O)C1C(C)C(=O)NC. The molecule has 17 heavy (non-hydrogen) atoms. The third-order valence-electron chi connectivity index (χ3n) is 3.14. The Hall–Kier alpha value is -1.10. The molecule has 1 N–H and O–H groups in total. The highest BCUT2D eigenvalue weighted by Crippen LogP contribution is 2.25. The highest BCUT2D eigenvalue weighted by Gasteiger charge is 2.44. The van der Waals surface area contributed by atoms with Crippen LogP contribution in [0.3, 0.4) is 0 Å². The molecule has 0 aromatic heterocycles. The molecule has 2 unspecified atom stereocenters. The van der Waals surface area contributed by atoms with Gasteiger partial charge in [-0.15, -0.1) is 0 Å². The van der Waals surface area contributed by atoms with Crippen LogP contribution in [-0.4, -0.2) is 48.6 Å². The Morgan fingerprint density at radius 3 is 2.71 bits per heavy atom. The average molecular weight is 242 g/mol. The van der Waals surface area contributed by atoms with Gasteiger partial charge in [-0.25, -0.2) is 0 Å². The fourth-order valence-electron chi connectivity index (χ4n) is 2.30. The van der Waals surface area contributed by atoms with Crippen molar-refractivity contribution in [1.29, 1.82) is 0 Å². The van der Waals surface area contributed by atoms with Crippen LogP contribution in [0.25, 0.3) is 0 Å². The van der Waals surface area contributed by atoms with Crippen LogP contribution in [0.4, 0.5) is 0 Å². The van der Waals surface area contributed by atoms with E-state index in [1.165, 1.54) is 0 Å². The topological polar surface area (TPSA) is 58.6 Å². The van der Waals surface area contributed by atoms with Gasteiger partial charge >= 0.3 is 5.97 Å². The first-order valence-corrected chi connectivity index (χ1v) is 6.01. The number of ether oxygens (including phenoxy) is 1. The summed E-state index contributed by atoms with van der Waals surface area (Å²) in [6, 6.07) is -0.479. The normalized spacial score (nSPS) is 26.2. The van der Waals surface area contributed by atoms with Crippen molar-refractivity contribution >= 4 is 11.9 Å². The van der Waals surface area contributed by atoms with Crippen LogP contribution in [-0.2, 0) is 14.3 Å². The molecule has 1 fully saturated rings. The predicted octanol–water partition coefficient (Wildman–Crippen LogP) is 0.394. The first-order valence-electron chi connectivity index (χ1n) is 6.01. The van der Waals surface area contributed by atoms with E-state index in [-0.39, 0.29) is 11.9 Å². The van der Waals surface area contributed by atoms with Gasteiger partial charge in [-0.05, 0) is 20.4 Å². The molecule has 0 spiro atoms. The first-order chi connectivity index (χ1) is 7.82. The van der Waals surface area contributed by atoms with Crippen molar-refractivity contribution in [3.63, 3.8) is 0 Å². The summed E-state index contributed by atoms with van der Waals surface area (Å²) in [4.78, 5) is 25.6. The van der Waals surface area contributed by atoms with Gasteiger partial charge in [0.25, 0.3) is 0 Å². The Bertz CT molecular complexity index is 315. The molecule has 0 aromatic carbocycles. The number of amides is 1. The maximum Gasteiger partial charge on any atom is 0.324 e. The molecule has 0 bridgehead atoms. The van der Waals surface area contributed by atoms with Crippen LogP contribution in [0.15, 0.2) is 0 Å². The summed E-state index contributed by atoms with van der Waals surface area (Å²) in [6.45, 7) is 8.89. The highest BCUT2D eigenvalue weighted by molar-refractivity contribution is 5.87. The van der Waals surface area contributed by atoms with E-state index in [9.17, 15) is 9.59 Å². The van der Waals surface area contributed by atoms with Gasteiger partial charge in [0.05, 0.1) is 5.92 Å². The molecular formula is C12H22N2O3. The summed E-state index contributed by atoms with van der Waals surface area (Å²) in [5.41, 5.74) is -0.480. The van der Waals surface area contributed by atoms with Crippen molar-refractivity contribution in [2.45, 2.75) is 39.3 Å². The fraction of sp³-hybridized carbons (Fsp3) is 0.833.